The highest BCUT2D eigenvalue weighted by Crippen LogP contribution is 2.23. The third-order valence-corrected chi connectivity index (χ3v) is 3.82. The monoisotopic (exact) mass is 311 g/mol. The first kappa shape index (κ1) is 14.1. The van der Waals surface area contributed by atoms with E-state index in [2.05, 4.69) is 38.5 Å². The Labute approximate surface area is 139 Å². The SMILES string of the molecule is N#Cc1cccc(-c2nccc(Nc3ccc4c(c3)C=NC4)n2)c1. The van der Waals surface area contributed by atoms with Crippen LogP contribution in [-0.2, 0) is 6.54 Å². The van der Waals surface area contributed by atoms with Gasteiger partial charge in [-0.3, -0.25) is 4.99 Å². The Balaban J connectivity index is 1.63. The number of aromatic nitrogens is 2. The summed E-state index contributed by atoms with van der Waals surface area (Å²) in [6.07, 6.45) is 3.60. The van der Waals surface area contributed by atoms with Gasteiger partial charge in [-0.15, -0.1) is 0 Å². The van der Waals surface area contributed by atoms with Crippen LogP contribution in [0.1, 0.15) is 16.7 Å². The lowest BCUT2D eigenvalue weighted by Gasteiger charge is -2.08. The second-order valence-electron chi connectivity index (χ2n) is 5.47. The van der Waals surface area contributed by atoms with Crippen LogP contribution in [0.25, 0.3) is 11.4 Å². The topological polar surface area (TPSA) is 74.0 Å². The summed E-state index contributed by atoms with van der Waals surface area (Å²) in [6.45, 7) is 0.752. The predicted octanol–water partition coefficient (Wildman–Crippen LogP) is 3.69. The van der Waals surface area contributed by atoms with Crippen LogP contribution in [0.5, 0.6) is 0 Å². The van der Waals surface area contributed by atoms with Crippen LogP contribution in [0, 0.1) is 11.3 Å². The molecule has 0 saturated heterocycles. The summed E-state index contributed by atoms with van der Waals surface area (Å²) < 4.78 is 0. The largest absolute Gasteiger partial charge is 0.340 e. The van der Waals surface area contributed by atoms with E-state index in [-0.39, 0.29) is 0 Å². The first-order valence-electron chi connectivity index (χ1n) is 7.55. The fraction of sp³-hybridized carbons (Fsp3) is 0.0526. The summed E-state index contributed by atoms with van der Waals surface area (Å²) in [6, 6.07) is 17.4. The summed E-state index contributed by atoms with van der Waals surface area (Å²) in [5, 5.41) is 12.3. The van der Waals surface area contributed by atoms with Gasteiger partial charge in [0.25, 0.3) is 0 Å². The number of hydrogen-bond acceptors (Lipinski definition) is 5. The van der Waals surface area contributed by atoms with Gasteiger partial charge in [-0.25, -0.2) is 9.97 Å². The Morgan fingerprint density at radius 1 is 1.08 bits per heavy atom. The molecule has 114 valence electrons. The van der Waals surface area contributed by atoms with Crippen molar-refractivity contribution >= 4 is 17.7 Å². The Hall–Kier alpha value is -3.52. The minimum Gasteiger partial charge on any atom is -0.340 e. The molecule has 5 heteroatoms. The number of nitriles is 1. The lowest BCUT2D eigenvalue weighted by Crippen LogP contribution is -1.98. The molecule has 4 rings (SSSR count). The van der Waals surface area contributed by atoms with Crippen LogP contribution in [0.15, 0.2) is 59.7 Å². The minimum absolute atomic E-state index is 0.583. The highest BCUT2D eigenvalue weighted by atomic mass is 15.0. The molecule has 2 heterocycles. The van der Waals surface area contributed by atoms with Gasteiger partial charge in [0, 0.05) is 23.7 Å². The Kier molecular flexibility index (Phi) is 3.49. The number of hydrogen-bond donors (Lipinski definition) is 1. The normalized spacial score (nSPS) is 11.8. The molecule has 24 heavy (non-hydrogen) atoms. The van der Waals surface area contributed by atoms with E-state index in [1.807, 2.05) is 30.5 Å². The van der Waals surface area contributed by atoms with Crippen LogP contribution in [-0.4, -0.2) is 16.2 Å². The second kappa shape index (κ2) is 5.94. The summed E-state index contributed by atoms with van der Waals surface area (Å²) in [5.41, 5.74) is 4.73. The molecule has 1 N–H and O–H groups in total. The highest BCUT2D eigenvalue weighted by molar-refractivity contribution is 5.86. The van der Waals surface area contributed by atoms with E-state index in [9.17, 15) is 0 Å². The molecular weight excluding hydrogens is 298 g/mol. The molecule has 3 aromatic rings. The number of anilines is 2. The zero-order chi connectivity index (χ0) is 16.4. The van der Waals surface area contributed by atoms with E-state index in [0.717, 1.165) is 23.4 Å². The standard InChI is InChI=1S/C19H13N5/c20-10-13-2-1-3-14(8-13)19-22-7-6-18(24-19)23-17-5-4-15-11-21-12-16(15)9-17/h1-9,12H,11H2,(H,22,23,24). The van der Waals surface area contributed by atoms with Crippen molar-refractivity contribution in [1.82, 2.24) is 9.97 Å². The summed E-state index contributed by atoms with van der Waals surface area (Å²) in [5.74, 6) is 1.29. The van der Waals surface area contributed by atoms with Crippen molar-refractivity contribution in [3.8, 4) is 17.5 Å². The van der Waals surface area contributed by atoms with Crippen LogP contribution < -0.4 is 5.32 Å². The van der Waals surface area contributed by atoms with Crippen LogP contribution in [0.2, 0.25) is 0 Å². The molecule has 1 aliphatic heterocycles. The first-order chi connectivity index (χ1) is 11.8. The molecule has 0 bridgehead atoms. The maximum Gasteiger partial charge on any atom is 0.161 e. The third kappa shape index (κ3) is 2.73. The van der Waals surface area contributed by atoms with Gasteiger partial charge in [-0.2, -0.15) is 5.26 Å². The van der Waals surface area contributed by atoms with E-state index >= 15 is 0 Å². The summed E-state index contributed by atoms with van der Waals surface area (Å²) in [4.78, 5) is 13.1. The summed E-state index contributed by atoms with van der Waals surface area (Å²) in [7, 11) is 0. The number of aliphatic imine (C=N–C) groups is 1. The van der Waals surface area contributed by atoms with E-state index in [1.165, 1.54) is 5.56 Å². The van der Waals surface area contributed by atoms with Crippen molar-refractivity contribution in [1.29, 1.82) is 5.26 Å². The number of benzene rings is 2. The number of rotatable bonds is 3. The van der Waals surface area contributed by atoms with Gasteiger partial charge in [0.15, 0.2) is 5.82 Å². The fourth-order valence-corrected chi connectivity index (χ4v) is 2.62. The van der Waals surface area contributed by atoms with Gasteiger partial charge < -0.3 is 5.32 Å². The molecule has 0 spiro atoms. The molecule has 5 nitrogen and oxygen atoms in total. The smallest absolute Gasteiger partial charge is 0.161 e. The molecule has 0 unspecified atom stereocenters. The van der Waals surface area contributed by atoms with Gasteiger partial charge >= 0.3 is 0 Å². The fourth-order valence-electron chi connectivity index (χ4n) is 2.62. The van der Waals surface area contributed by atoms with Crippen molar-refractivity contribution in [3.63, 3.8) is 0 Å². The molecular formula is C19H13N5. The third-order valence-electron chi connectivity index (χ3n) is 3.82. The van der Waals surface area contributed by atoms with Crippen LogP contribution >= 0.6 is 0 Å². The predicted molar refractivity (Wildman–Crippen MR) is 93.2 cm³/mol. The van der Waals surface area contributed by atoms with Crippen LogP contribution in [0.4, 0.5) is 11.5 Å². The van der Waals surface area contributed by atoms with Crippen LogP contribution in [0.3, 0.4) is 0 Å². The zero-order valence-corrected chi connectivity index (χ0v) is 12.8. The Bertz CT molecular complexity index is 985. The van der Waals surface area contributed by atoms with Crippen molar-refractivity contribution in [2.24, 2.45) is 4.99 Å². The number of nitrogens with one attached hydrogen (secondary N) is 1. The zero-order valence-electron chi connectivity index (χ0n) is 12.8. The summed E-state index contributed by atoms with van der Waals surface area (Å²) >= 11 is 0. The molecule has 0 amide bonds. The molecule has 0 saturated carbocycles. The molecule has 1 aromatic heterocycles. The van der Waals surface area contributed by atoms with E-state index in [0.29, 0.717) is 17.2 Å². The number of fused-ring (bicyclic) bond motifs is 1. The second-order valence-corrected chi connectivity index (χ2v) is 5.47. The lowest BCUT2D eigenvalue weighted by atomic mass is 10.1. The van der Waals surface area contributed by atoms with Gasteiger partial charge in [0.2, 0.25) is 0 Å². The van der Waals surface area contributed by atoms with Gasteiger partial charge in [-0.1, -0.05) is 18.2 Å². The molecule has 0 fully saturated rings. The molecule has 0 atom stereocenters. The molecule has 2 aromatic carbocycles. The lowest BCUT2D eigenvalue weighted by molar-refractivity contribution is 1.11. The van der Waals surface area contributed by atoms with Crippen molar-refractivity contribution in [2.75, 3.05) is 5.32 Å². The number of nitrogens with zero attached hydrogens (tertiary/aromatic N) is 4. The van der Waals surface area contributed by atoms with Gasteiger partial charge in [0.05, 0.1) is 18.2 Å². The maximum atomic E-state index is 9.02. The van der Waals surface area contributed by atoms with Gasteiger partial charge in [0.1, 0.15) is 5.82 Å². The molecule has 1 aliphatic rings. The molecule has 0 aliphatic carbocycles. The molecule has 0 radical (unpaired) electrons. The Morgan fingerprint density at radius 3 is 2.96 bits per heavy atom. The first-order valence-corrected chi connectivity index (χ1v) is 7.55. The minimum atomic E-state index is 0.583. The van der Waals surface area contributed by atoms with Gasteiger partial charge in [-0.05, 0) is 41.5 Å². The average Bonchev–Trinajstić information content (AvgIpc) is 3.10. The average molecular weight is 311 g/mol. The highest BCUT2D eigenvalue weighted by Gasteiger charge is 2.08. The quantitative estimate of drug-likeness (QED) is 0.800. The maximum absolute atomic E-state index is 9.02. The van der Waals surface area contributed by atoms with Crippen molar-refractivity contribution < 1.29 is 0 Å². The van der Waals surface area contributed by atoms with E-state index in [4.69, 9.17) is 5.26 Å². The van der Waals surface area contributed by atoms with Crippen molar-refractivity contribution in [2.45, 2.75) is 6.54 Å². The van der Waals surface area contributed by atoms with Crippen molar-refractivity contribution in [3.05, 3.63) is 71.4 Å². The van der Waals surface area contributed by atoms with E-state index in [1.54, 1.807) is 18.3 Å². The van der Waals surface area contributed by atoms with E-state index < -0.39 is 0 Å². The Morgan fingerprint density at radius 2 is 2.04 bits per heavy atom.